The van der Waals surface area contributed by atoms with E-state index in [2.05, 4.69) is 25.8 Å². The predicted octanol–water partition coefficient (Wildman–Crippen LogP) is 2.62. The number of pyridine rings is 1. The highest BCUT2D eigenvalue weighted by Gasteiger charge is 2.28. The minimum absolute atomic E-state index is 0.0839. The number of amides is 1. The second-order valence-corrected chi connectivity index (χ2v) is 6.31. The molecule has 19 heavy (non-hydrogen) atoms. The Balaban J connectivity index is 2.40. The van der Waals surface area contributed by atoms with Gasteiger partial charge in [-0.25, -0.2) is 4.98 Å². The molecule has 1 aliphatic rings. The lowest BCUT2D eigenvalue weighted by Gasteiger charge is -2.21. The molecule has 0 unspecified atom stereocenters. The average Bonchev–Trinajstić information content (AvgIpc) is 3.11. The van der Waals surface area contributed by atoms with Gasteiger partial charge in [-0.1, -0.05) is 20.8 Å². The summed E-state index contributed by atoms with van der Waals surface area (Å²) in [7, 11) is 3.46. The molecule has 104 valence electrons. The number of carbonyl (C=O) groups excluding carboxylic acids is 1. The minimum Gasteiger partial charge on any atom is -0.488 e. The second-order valence-electron chi connectivity index (χ2n) is 6.31. The fourth-order valence-corrected chi connectivity index (χ4v) is 1.69. The van der Waals surface area contributed by atoms with E-state index >= 15 is 0 Å². The number of aromatic nitrogens is 1. The monoisotopic (exact) mass is 262 g/mol. The largest absolute Gasteiger partial charge is 0.488 e. The van der Waals surface area contributed by atoms with E-state index in [1.54, 1.807) is 14.1 Å². The van der Waals surface area contributed by atoms with Gasteiger partial charge in [0.1, 0.15) is 0 Å². The van der Waals surface area contributed by atoms with E-state index < -0.39 is 0 Å². The van der Waals surface area contributed by atoms with Crippen LogP contribution in [0.2, 0.25) is 0 Å². The first-order chi connectivity index (χ1) is 8.79. The van der Waals surface area contributed by atoms with E-state index in [0.29, 0.717) is 11.4 Å². The van der Waals surface area contributed by atoms with Crippen LogP contribution in [0.5, 0.6) is 5.75 Å². The average molecular weight is 262 g/mol. The van der Waals surface area contributed by atoms with E-state index in [9.17, 15) is 4.79 Å². The number of rotatable bonds is 3. The summed E-state index contributed by atoms with van der Waals surface area (Å²) in [6, 6.07) is 3.83. The lowest BCUT2D eigenvalue weighted by atomic mass is 9.91. The Morgan fingerprint density at radius 1 is 1.32 bits per heavy atom. The van der Waals surface area contributed by atoms with Crippen LogP contribution in [-0.4, -0.2) is 36.0 Å². The van der Waals surface area contributed by atoms with Crippen LogP contribution in [0.25, 0.3) is 0 Å². The third kappa shape index (κ3) is 3.25. The Hall–Kier alpha value is -1.58. The summed E-state index contributed by atoms with van der Waals surface area (Å²) in [5.41, 5.74) is 1.24. The van der Waals surface area contributed by atoms with Gasteiger partial charge in [0, 0.05) is 25.2 Å². The highest BCUT2D eigenvalue weighted by Crippen LogP contribution is 2.31. The molecule has 0 aliphatic heterocycles. The quantitative estimate of drug-likeness (QED) is 0.841. The molecule has 1 amide bonds. The Labute approximate surface area is 114 Å². The molecule has 1 saturated carbocycles. The summed E-state index contributed by atoms with van der Waals surface area (Å²) < 4.78 is 5.79. The van der Waals surface area contributed by atoms with Crippen molar-refractivity contribution in [1.29, 1.82) is 0 Å². The summed E-state index contributed by atoms with van der Waals surface area (Å²) in [6.45, 7) is 6.25. The van der Waals surface area contributed by atoms with E-state index in [1.807, 2.05) is 12.1 Å². The highest BCUT2D eigenvalue weighted by atomic mass is 16.5. The Bertz CT molecular complexity index is 485. The molecular weight excluding hydrogens is 240 g/mol. The first-order valence-corrected chi connectivity index (χ1v) is 6.69. The van der Waals surface area contributed by atoms with Crippen LogP contribution in [0.15, 0.2) is 12.1 Å². The van der Waals surface area contributed by atoms with Crippen LogP contribution in [0.1, 0.15) is 49.8 Å². The van der Waals surface area contributed by atoms with Crippen molar-refractivity contribution in [2.45, 2.75) is 45.1 Å². The lowest BCUT2D eigenvalue weighted by Crippen LogP contribution is -2.25. The van der Waals surface area contributed by atoms with Gasteiger partial charge in [-0.15, -0.1) is 0 Å². The molecule has 0 radical (unpaired) electrons. The molecule has 1 aromatic rings. The number of hydrogen-bond acceptors (Lipinski definition) is 3. The summed E-state index contributed by atoms with van der Waals surface area (Å²) in [6.07, 6.45) is 2.39. The summed E-state index contributed by atoms with van der Waals surface area (Å²) in [5, 5.41) is 0. The van der Waals surface area contributed by atoms with Crippen LogP contribution in [0, 0.1) is 0 Å². The molecule has 4 nitrogen and oxygen atoms in total. The zero-order valence-corrected chi connectivity index (χ0v) is 12.4. The third-order valence-corrected chi connectivity index (χ3v) is 3.05. The normalized spacial score (nSPS) is 15.2. The van der Waals surface area contributed by atoms with Gasteiger partial charge >= 0.3 is 0 Å². The maximum atomic E-state index is 12.2. The number of ether oxygens (including phenoxy) is 1. The molecule has 0 saturated heterocycles. The number of hydrogen-bond donors (Lipinski definition) is 0. The second kappa shape index (κ2) is 4.83. The molecule has 0 spiro atoms. The Morgan fingerprint density at radius 3 is 2.42 bits per heavy atom. The van der Waals surface area contributed by atoms with Gasteiger partial charge in [-0.3, -0.25) is 4.79 Å². The van der Waals surface area contributed by atoms with Crippen molar-refractivity contribution in [3.8, 4) is 5.75 Å². The molecule has 0 atom stereocenters. The Morgan fingerprint density at radius 2 is 1.95 bits per heavy atom. The third-order valence-electron chi connectivity index (χ3n) is 3.05. The van der Waals surface area contributed by atoms with Crippen LogP contribution in [-0.2, 0) is 5.41 Å². The van der Waals surface area contributed by atoms with Crippen molar-refractivity contribution in [2.75, 3.05) is 14.1 Å². The highest BCUT2D eigenvalue weighted by molar-refractivity contribution is 5.94. The van der Waals surface area contributed by atoms with Crippen LogP contribution < -0.4 is 4.74 Å². The van der Waals surface area contributed by atoms with Crippen molar-refractivity contribution < 1.29 is 9.53 Å². The van der Waals surface area contributed by atoms with Crippen molar-refractivity contribution in [3.05, 3.63) is 23.5 Å². The van der Waals surface area contributed by atoms with Gasteiger partial charge in [0.2, 0.25) is 0 Å². The lowest BCUT2D eigenvalue weighted by molar-refractivity contribution is 0.0816. The van der Waals surface area contributed by atoms with Gasteiger partial charge in [0.15, 0.2) is 11.4 Å². The summed E-state index contributed by atoms with van der Waals surface area (Å²) in [5.74, 6) is 0.496. The SMILES string of the molecule is CN(C)C(=O)c1nc(C(C)(C)C)ccc1OC1CC1. The van der Waals surface area contributed by atoms with Gasteiger partial charge in [-0.05, 0) is 25.0 Å². The zero-order chi connectivity index (χ0) is 14.2. The molecule has 0 bridgehead atoms. The van der Waals surface area contributed by atoms with Crippen molar-refractivity contribution >= 4 is 5.91 Å². The van der Waals surface area contributed by atoms with E-state index in [4.69, 9.17) is 4.74 Å². The van der Waals surface area contributed by atoms with Gasteiger partial charge in [0.25, 0.3) is 5.91 Å². The summed E-state index contributed by atoms with van der Waals surface area (Å²) in [4.78, 5) is 18.3. The maximum Gasteiger partial charge on any atom is 0.275 e. The molecule has 0 aromatic carbocycles. The van der Waals surface area contributed by atoms with Crippen LogP contribution >= 0.6 is 0 Å². The van der Waals surface area contributed by atoms with Crippen molar-refractivity contribution in [2.24, 2.45) is 0 Å². The smallest absolute Gasteiger partial charge is 0.275 e. The molecule has 2 rings (SSSR count). The molecule has 1 aromatic heterocycles. The van der Waals surface area contributed by atoms with Crippen molar-refractivity contribution in [3.63, 3.8) is 0 Å². The predicted molar refractivity (Wildman–Crippen MR) is 74.6 cm³/mol. The molecule has 1 fully saturated rings. The topological polar surface area (TPSA) is 42.4 Å². The van der Waals surface area contributed by atoms with Gasteiger partial charge in [0.05, 0.1) is 6.10 Å². The Kier molecular flexibility index (Phi) is 3.52. The fourth-order valence-electron chi connectivity index (χ4n) is 1.69. The van der Waals surface area contributed by atoms with E-state index in [0.717, 1.165) is 18.5 Å². The maximum absolute atomic E-state index is 12.2. The summed E-state index contributed by atoms with van der Waals surface area (Å²) >= 11 is 0. The molecule has 1 aliphatic carbocycles. The first kappa shape index (κ1) is 13.8. The van der Waals surface area contributed by atoms with Gasteiger partial charge < -0.3 is 9.64 Å². The number of carbonyl (C=O) groups is 1. The molecule has 0 N–H and O–H groups in total. The number of nitrogens with zero attached hydrogens (tertiary/aromatic N) is 2. The van der Waals surface area contributed by atoms with Gasteiger partial charge in [-0.2, -0.15) is 0 Å². The van der Waals surface area contributed by atoms with Crippen LogP contribution in [0.4, 0.5) is 0 Å². The minimum atomic E-state index is -0.109. The van der Waals surface area contributed by atoms with E-state index in [-0.39, 0.29) is 17.4 Å². The zero-order valence-electron chi connectivity index (χ0n) is 12.4. The molecule has 1 heterocycles. The first-order valence-electron chi connectivity index (χ1n) is 6.69. The molecule has 4 heteroatoms. The molecular formula is C15H22N2O2. The van der Waals surface area contributed by atoms with E-state index in [1.165, 1.54) is 4.90 Å². The van der Waals surface area contributed by atoms with Crippen LogP contribution in [0.3, 0.4) is 0 Å². The fraction of sp³-hybridized carbons (Fsp3) is 0.600. The van der Waals surface area contributed by atoms with Crippen molar-refractivity contribution in [1.82, 2.24) is 9.88 Å². The standard InChI is InChI=1S/C15H22N2O2/c1-15(2,3)12-9-8-11(19-10-6-7-10)13(16-12)14(18)17(4)5/h8-10H,6-7H2,1-5H3.